The molecule has 0 spiro atoms. The third-order valence-corrected chi connectivity index (χ3v) is 3.62. The molecule has 0 aliphatic carbocycles. The van der Waals surface area contributed by atoms with Gasteiger partial charge in [-0.2, -0.15) is 0 Å². The molecule has 0 aliphatic heterocycles. The quantitative estimate of drug-likeness (QED) is 0.534. The molecule has 22 heavy (non-hydrogen) atoms. The molecule has 0 amide bonds. The van der Waals surface area contributed by atoms with Crippen molar-refractivity contribution < 1.29 is 9.53 Å². The van der Waals surface area contributed by atoms with Crippen LogP contribution in [0.3, 0.4) is 0 Å². The highest BCUT2D eigenvalue weighted by Gasteiger charge is 2.07. The van der Waals surface area contributed by atoms with E-state index in [0.717, 1.165) is 23.9 Å². The highest BCUT2D eigenvalue weighted by molar-refractivity contribution is 5.79. The molecule has 3 rings (SSSR count). The number of imidazole rings is 1. The van der Waals surface area contributed by atoms with Gasteiger partial charge in [-0.1, -0.05) is 30.3 Å². The Morgan fingerprint density at radius 1 is 1.18 bits per heavy atom. The summed E-state index contributed by atoms with van der Waals surface area (Å²) >= 11 is 0. The monoisotopic (exact) mass is 294 g/mol. The molecule has 3 aromatic rings. The van der Waals surface area contributed by atoms with Gasteiger partial charge in [0.1, 0.15) is 5.75 Å². The normalized spacial score (nSPS) is 10.8. The first-order valence-electron chi connectivity index (χ1n) is 7.38. The molecule has 0 radical (unpaired) electrons. The largest absolute Gasteiger partial charge is 0.426 e. The smallest absolute Gasteiger partial charge is 0.311 e. The number of rotatable bonds is 5. The number of carbonyl (C=O) groups is 1. The van der Waals surface area contributed by atoms with Crippen LogP contribution >= 0.6 is 0 Å². The molecule has 0 fully saturated rings. The van der Waals surface area contributed by atoms with Gasteiger partial charge in [0, 0.05) is 19.5 Å². The molecular weight excluding hydrogens is 276 g/mol. The maximum atomic E-state index is 11.9. The van der Waals surface area contributed by atoms with E-state index in [0.29, 0.717) is 12.2 Å². The van der Waals surface area contributed by atoms with Crippen molar-refractivity contribution in [3.8, 4) is 5.75 Å². The molecule has 0 atom stereocenters. The number of aryl methyl sites for hydroxylation is 2. The highest BCUT2D eigenvalue weighted by Crippen LogP contribution is 2.19. The van der Waals surface area contributed by atoms with Crippen molar-refractivity contribution in [2.75, 3.05) is 0 Å². The van der Waals surface area contributed by atoms with E-state index in [9.17, 15) is 4.79 Å². The number of carbonyl (C=O) groups excluding carboxylic acids is 1. The van der Waals surface area contributed by atoms with Crippen molar-refractivity contribution in [2.24, 2.45) is 7.05 Å². The average Bonchev–Trinajstić information content (AvgIpc) is 2.89. The van der Waals surface area contributed by atoms with Gasteiger partial charge in [-0.05, 0) is 30.5 Å². The van der Waals surface area contributed by atoms with Gasteiger partial charge < -0.3 is 9.30 Å². The Kier molecular flexibility index (Phi) is 4.19. The summed E-state index contributed by atoms with van der Waals surface area (Å²) in [7, 11) is 1.94. The zero-order valence-corrected chi connectivity index (χ0v) is 12.5. The highest BCUT2D eigenvalue weighted by atomic mass is 16.5. The number of ether oxygens (including phenoxy) is 1. The molecule has 0 N–H and O–H groups in total. The van der Waals surface area contributed by atoms with Crippen LogP contribution in [-0.2, 0) is 18.3 Å². The summed E-state index contributed by atoms with van der Waals surface area (Å²) < 4.78 is 7.31. The lowest BCUT2D eigenvalue weighted by Gasteiger charge is -2.05. The number of benzene rings is 2. The molecule has 0 unspecified atom stereocenters. The summed E-state index contributed by atoms with van der Waals surface area (Å²) in [5.74, 6) is 0.349. The Hall–Kier alpha value is -2.62. The fourth-order valence-electron chi connectivity index (χ4n) is 2.44. The van der Waals surface area contributed by atoms with Crippen molar-refractivity contribution in [2.45, 2.75) is 19.3 Å². The third-order valence-electron chi connectivity index (χ3n) is 3.62. The van der Waals surface area contributed by atoms with Crippen molar-refractivity contribution in [3.63, 3.8) is 0 Å². The molecule has 0 bridgehead atoms. The molecule has 1 aromatic heterocycles. The van der Waals surface area contributed by atoms with Gasteiger partial charge in [0.05, 0.1) is 17.4 Å². The maximum Gasteiger partial charge on any atom is 0.311 e. The number of hydrogen-bond acceptors (Lipinski definition) is 3. The molecule has 2 aromatic carbocycles. The van der Waals surface area contributed by atoms with Crippen LogP contribution in [0, 0.1) is 0 Å². The lowest BCUT2D eigenvalue weighted by Crippen LogP contribution is -2.08. The standard InChI is InChI=1S/C18H18N2O2/c1-20-13-19-16-12-15(10-11-17(16)20)22-18(21)9-5-8-14-6-3-2-4-7-14/h2-4,6-7,10-13H,5,8-9H2,1H3. The molecule has 0 saturated carbocycles. The number of fused-ring (bicyclic) bond motifs is 1. The predicted molar refractivity (Wildman–Crippen MR) is 85.7 cm³/mol. The number of nitrogens with zero attached hydrogens (tertiary/aromatic N) is 2. The van der Waals surface area contributed by atoms with E-state index in [1.54, 1.807) is 18.5 Å². The molecule has 4 heteroatoms. The summed E-state index contributed by atoms with van der Waals surface area (Å²) in [5, 5.41) is 0. The van der Waals surface area contributed by atoms with Crippen LogP contribution in [0.5, 0.6) is 5.75 Å². The van der Waals surface area contributed by atoms with Crippen molar-refractivity contribution in [1.29, 1.82) is 0 Å². The second-order valence-electron chi connectivity index (χ2n) is 5.32. The molecule has 112 valence electrons. The lowest BCUT2D eigenvalue weighted by molar-refractivity contribution is -0.134. The number of esters is 1. The van der Waals surface area contributed by atoms with Crippen LogP contribution in [0.15, 0.2) is 54.9 Å². The van der Waals surface area contributed by atoms with Gasteiger partial charge in [-0.15, -0.1) is 0 Å². The van der Waals surface area contributed by atoms with Gasteiger partial charge in [-0.3, -0.25) is 4.79 Å². The van der Waals surface area contributed by atoms with Crippen molar-refractivity contribution in [1.82, 2.24) is 9.55 Å². The van der Waals surface area contributed by atoms with E-state index >= 15 is 0 Å². The summed E-state index contributed by atoms with van der Waals surface area (Å²) in [6, 6.07) is 15.7. The van der Waals surface area contributed by atoms with Crippen LogP contribution in [0.25, 0.3) is 11.0 Å². The Balaban J connectivity index is 1.54. The molecule has 1 heterocycles. The number of hydrogen-bond donors (Lipinski definition) is 0. The lowest BCUT2D eigenvalue weighted by atomic mass is 10.1. The minimum atomic E-state index is -0.203. The molecule has 0 saturated heterocycles. The second-order valence-corrected chi connectivity index (χ2v) is 5.32. The van der Waals surface area contributed by atoms with Crippen LogP contribution in [0.2, 0.25) is 0 Å². The topological polar surface area (TPSA) is 44.1 Å². The molecule has 4 nitrogen and oxygen atoms in total. The van der Waals surface area contributed by atoms with E-state index in [1.165, 1.54) is 5.56 Å². The van der Waals surface area contributed by atoms with Gasteiger partial charge in [0.15, 0.2) is 0 Å². The van der Waals surface area contributed by atoms with E-state index in [1.807, 2.05) is 35.9 Å². The molecule has 0 aliphatic rings. The predicted octanol–water partition coefficient (Wildman–Crippen LogP) is 3.50. The summed E-state index contributed by atoms with van der Waals surface area (Å²) in [6.45, 7) is 0. The number of aromatic nitrogens is 2. The van der Waals surface area contributed by atoms with E-state index < -0.39 is 0 Å². The van der Waals surface area contributed by atoms with Crippen molar-refractivity contribution >= 4 is 17.0 Å². The first-order valence-corrected chi connectivity index (χ1v) is 7.38. The summed E-state index contributed by atoms with van der Waals surface area (Å²) in [5.41, 5.74) is 3.09. The fraction of sp³-hybridized carbons (Fsp3) is 0.222. The van der Waals surface area contributed by atoms with Crippen LogP contribution in [-0.4, -0.2) is 15.5 Å². The minimum Gasteiger partial charge on any atom is -0.426 e. The van der Waals surface area contributed by atoms with E-state index in [-0.39, 0.29) is 5.97 Å². The van der Waals surface area contributed by atoms with Gasteiger partial charge >= 0.3 is 5.97 Å². The summed E-state index contributed by atoms with van der Waals surface area (Å²) in [6.07, 6.45) is 3.83. The van der Waals surface area contributed by atoms with E-state index in [4.69, 9.17) is 4.74 Å². The van der Waals surface area contributed by atoms with Crippen LogP contribution in [0.1, 0.15) is 18.4 Å². The Morgan fingerprint density at radius 2 is 2.00 bits per heavy atom. The second kappa shape index (κ2) is 6.43. The Labute approximate surface area is 129 Å². The zero-order chi connectivity index (χ0) is 15.4. The van der Waals surface area contributed by atoms with Crippen LogP contribution in [0.4, 0.5) is 0 Å². The van der Waals surface area contributed by atoms with Gasteiger partial charge in [-0.25, -0.2) is 4.98 Å². The van der Waals surface area contributed by atoms with E-state index in [2.05, 4.69) is 17.1 Å². The van der Waals surface area contributed by atoms with Gasteiger partial charge in [0.2, 0.25) is 0 Å². The molecular formula is C18H18N2O2. The maximum absolute atomic E-state index is 11.9. The summed E-state index contributed by atoms with van der Waals surface area (Å²) in [4.78, 5) is 16.2. The minimum absolute atomic E-state index is 0.203. The zero-order valence-electron chi connectivity index (χ0n) is 12.5. The average molecular weight is 294 g/mol. The van der Waals surface area contributed by atoms with Gasteiger partial charge in [0.25, 0.3) is 0 Å². The fourth-order valence-corrected chi connectivity index (χ4v) is 2.44. The third kappa shape index (κ3) is 3.34. The van der Waals surface area contributed by atoms with Crippen molar-refractivity contribution in [3.05, 3.63) is 60.4 Å². The first-order chi connectivity index (χ1) is 10.7. The Bertz CT molecular complexity index is 778. The Morgan fingerprint density at radius 3 is 2.82 bits per heavy atom. The van der Waals surface area contributed by atoms with Crippen LogP contribution < -0.4 is 4.74 Å². The first kappa shape index (κ1) is 14.3. The SMILES string of the molecule is Cn1cnc2cc(OC(=O)CCCc3ccccc3)ccc21.